The molecule has 5 nitrogen and oxygen atoms in total. The van der Waals surface area contributed by atoms with Crippen molar-refractivity contribution in [1.29, 1.82) is 15.8 Å². The van der Waals surface area contributed by atoms with Crippen LogP contribution in [0.5, 0.6) is 0 Å². The average molecular weight is 376 g/mol. The molecule has 1 unspecified atom stereocenters. The Morgan fingerprint density at radius 3 is 2.52 bits per heavy atom. The molecule has 27 heavy (non-hydrogen) atoms. The van der Waals surface area contributed by atoms with Crippen LogP contribution in [0, 0.1) is 45.3 Å². The zero-order chi connectivity index (χ0) is 19.3. The van der Waals surface area contributed by atoms with Gasteiger partial charge in [0.1, 0.15) is 6.07 Å². The minimum absolute atomic E-state index is 0.0476. The Morgan fingerprint density at radius 2 is 1.89 bits per heavy atom. The van der Waals surface area contributed by atoms with Crippen molar-refractivity contribution in [2.45, 2.75) is 30.8 Å². The van der Waals surface area contributed by atoms with E-state index in [4.69, 9.17) is 17.3 Å². The predicted molar refractivity (Wildman–Crippen MR) is 101 cm³/mol. The zero-order valence-corrected chi connectivity index (χ0v) is 15.6. The molecule has 1 saturated heterocycles. The maximum Gasteiger partial charge on any atom is 0.191 e. The van der Waals surface area contributed by atoms with Crippen molar-refractivity contribution < 1.29 is 0 Å². The number of hydrogen-bond acceptors (Lipinski definition) is 5. The summed E-state index contributed by atoms with van der Waals surface area (Å²) in [4.78, 5) is 2.29. The fourth-order valence-electron chi connectivity index (χ4n) is 5.16. The number of fused-ring (bicyclic) bond motifs is 4. The first-order valence-corrected chi connectivity index (χ1v) is 9.29. The molecule has 4 atom stereocenters. The molecular weight excluding hydrogens is 358 g/mol. The average Bonchev–Trinajstić information content (AvgIpc) is 2.91. The minimum Gasteiger partial charge on any atom is -0.399 e. The normalized spacial score (nSPS) is 31.3. The monoisotopic (exact) mass is 375 g/mol. The van der Waals surface area contributed by atoms with Crippen LogP contribution in [-0.4, -0.2) is 24.0 Å². The lowest BCUT2D eigenvalue weighted by Crippen LogP contribution is -2.51. The first-order valence-electron chi connectivity index (χ1n) is 8.91. The van der Waals surface area contributed by atoms with E-state index in [1.54, 1.807) is 6.07 Å². The summed E-state index contributed by atoms with van der Waals surface area (Å²) in [5, 5.41) is 30.5. The molecule has 1 aliphatic carbocycles. The SMILES string of the molecule is CN1C2C=C3C(C#N)=C(N)C(C#N)(C#N)[C@@H](c4ccccc4Cl)[C@H]3[C@H]1CC2. The van der Waals surface area contributed by atoms with Gasteiger partial charge in [-0.3, -0.25) is 4.90 Å². The van der Waals surface area contributed by atoms with Gasteiger partial charge < -0.3 is 5.73 Å². The van der Waals surface area contributed by atoms with Gasteiger partial charge in [-0.25, -0.2) is 0 Å². The number of halogens is 1. The van der Waals surface area contributed by atoms with Gasteiger partial charge in [-0.2, -0.15) is 15.8 Å². The number of allylic oxidation sites excluding steroid dienone is 2. The Labute approximate surface area is 163 Å². The lowest BCUT2D eigenvalue weighted by Gasteiger charge is -2.48. The van der Waals surface area contributed by atoms with Crippen LogP contribution in [0.15, 0.2) is 47.2 Å². The molecule has 0 amide bonds. The first kappa shape index (κ1) is 17.6. The highest BCUT2D eigenvalue weighted by molar-refractivity contribution is 6.31. The van der Waals surface area contributed by atoms with E-state index in [-0.39, 0.29) is 29.3 Å². The number of nitriles is 3. The predicted octanol–water partition coefficient (Wildman–Crippen LogP) is 3.23. The molecule has 2 bridgehead atoms. The largest absolute Gasteiger partial charge is 0.399 e. The highest BCUT2D eigenvalue weighted by Gasteiger charge is 2.58. The third-order valence-corrected chi connectivity index (χ3v) is 6.81. The maximum atomic E-state index is 10.1. The van der Waals surface area contributed by atoms with Gasteiger partial charge >= 0.3 is 0 Å². The number of rotatable bonds is 1. The van der Waals surface area contributed by atoms with Crippen LogP contribution in [0.25, 0.3) is 0 Å². The molecule has 0 spiro atoms. The lowest BCUT2D eigenvalue weighted by atomic mass is 9.56. The van der Waals surface area contributed by atoms with Crippen molar-refractivity contribution in [2.24, 2.45) is 17.1 Å². The van der Waals surface area contributed by atoms with E-state index < -0.39 is 11.3 Å². The first-order chi connectivity index (χ1) is 13.0. The molecule has 2 heterocycles. The highest BCUT2D eigenvalue weighted by atomic mass is 35.5. The third kappa shape index (κ3) is 2.18. The molecule has 4 rings (SSSR count). The Hall–Kier alpha value is -2.78. The number of hydrogen-bond donors (Lipinski definition) is 1. The Morgan fingerprint density at radius 1 is 1.19 bits per heavy atom. The second kappa shape index (κ2) is 6.14. The van der Waals surface area contributed by atoms with Crippen LogP contribution >= 0.6 is 11.6 Å². The van der Waals surface area contributed by atoms with E-state index in [1.165, 1.54) is 0 Å². The molecule has 6 heteroatoms. The molecule has 0 radical (unpaired) electrons. The minimum atomic E-state index is -1.63. The summed E-state index contributed by atoms with van der Waals surface area (Å²) in [6, 6.07) is 14.2. The fraction of sp³-hybridized carbons (Fsp3) is 0.381. The molecule has 2 N–H and O–H groups in total. The van der Waals surface area contributed by atoms with E-state index in [0.29, 0.717) is 5.02 Å². The molecule has 0 aromatic heterocycles. The van der Waals surface area contributed by atoms with Gasteiger partial charge in [-0.05, 0) is 37.1 Å². The number of nitrogens with zero attached hydrogens (tertiary/aromatic N) is 4. The quantitative estimate of drug-likeness (QED) is 0.812. The number of benzene rings is 1. The molecule has 2 aliphatic heterocycles. The molecule has 0 saturated carbocycles. The second-order valence-electron chi connectivity index (χ2n) is 7.46. The van der Waals surface area contributed by atoms with Gasteiger partial charge in [-0.1, -0.05) is 35.9 Å². The van der Waals surface area contributed by atoms with Crippen LogP contribution in [0.1, 0.15) is 24.3 Å². The summed E-state index contributed by atoms with van der Waals surface area (Å²) in [7, 11) is 2.06. The summed E-state index contributed by atoms with van der Waals surface area (Å²) in [5.41, 5.74) is 6.64. The molecule has 3 aliphatic rings. The summed E-state index contributed by atoms with van der Waals surface area (Å²) in [6.07, 6.45) is 4.03. The van der Waals surface area contributed by atoms with E-state index in [1.807, 2.05) is 18.2 Å². The lowest BCUT2D eigenvalue weighted by molar-refractivity contribution is 0.160. The Balaban J connectivity index is 2.08. The van der Waals surface area contributed by atoms with Crippen molar-refractivity contribution in [3.05, 3.63) is 57.8 Å². The highest BCUT2D eigenvalue weighted by Crippen LogP contribution is 2.58. The topological polar surface area (TPSA) is 101 Å². The fourth-order valence-corrected chi connectivity index (χ4v) is 5.41. The Bertz CT molecular complexity index is 989. The van der Waals surface area contributed by atoms with Gasteiger partial charge in [0, 0.05) is 28.9 Å². The summed E-state index contributed by atoms with van der Waals surface area (Å²) in [6.45, 7) is 0. The zero-order valence-electron chi connectivity index (χ0n) is 14.9. The molecular formula is C21H18ClN5. The van der Waals surface area contributed by atoms with E-state index in [2.05, 4.69) is 36.2 Å². The van der Waals surface area contributed by atoms with Gasteiger partial charge in [0.25, 0.3) is 0 Å². The van der Waals surface area contributed by atoms with Crippen LogP contribution in [0.3, 0.4) is 0 Å². The third-order valence-electron chi connectivity index (χ3n) is 6.46. The Kier molecular flexibility index (Phi) is 4.01. The van der Waals surface area contributed by atoms with Gasteiger partial charge in [-0.15, -0.1) is 0 Å². The molecule has 1 fully saturated rings. The van der Waals surface area contributed by atoms with Gasteiger partial charge in [0.05, 0.1) is 23.4 Å². The van der Waals surface area contributed by atoms with Crippen LogP contribution < -0.4 is 5.73 Å². The number of likely N-dealkylation sites (N-methyl/N-ethyl adjacent to an activating group) is 1. The van der Waals surface area contributed by atoms with E-state index in [0.717, 1.165) is 24.0 Å². The summed E-state index contributed by atoms with van der Waals surface area (Å²) < 4.78 is 0. The van der Waals surface area contributed by atoms with Gasteiger partial charge in [0.15, 0.2) is 5.41 Å². The van der Waals surface area contributed by atoms with E-state index >= 15 is 0 Å². The summed E-state index contributed by atoms with van der Waals surface area (Å²) in [5.74, 6) is -0.717. The van der Waals surface area contributed by atoms with Crippen molar-refractivity contribution >= 4 is 11.6 Å². The smallest absolute Gasteiger partial charge is 0.191 e. The molecule has 1 aromatic carbocycles. The van der Waals surface area contributed by atoms with Crippen molar-refractivity contribution in [2.75, 3.05) is 7.05 Å². The van der Waals surface area contributed by atoms with Crippen LogP contribution in [-0.2, 0) is 0 Å². The van der Waals surface area contributed by atoms with Crippen LogP contribution in [0.4, 0.5) is 0 Å². The van der Waals surface area contributed by atoms with Crippen molar-refractivity contribution in [3.8, 4) is 18.2 Å². The second-order valence-corrected chi connectivity index (χ2v) is 7.86. The van der Waals surface area contributed by atoms with Crippen molar-refractivity contribution in [3.63, 3.8) is 0 Å². The van der Waals surface area contributed by atoms with E-state index in [9.17, 15) is 15.8 Å². The van der Waals surface area contributed by atoms with Gasteiger partial charge in [0.2, 0.25) is 0 Å². The number of nitrogens with two attached hydrogens (primary N) is 1. The molecule has 1 aromatic rings. The maximum absolute atomic E-state index is 10.1. The molecule has 134 valence electrons. The van der Waals surface area contributed by atoms with Crippen LogP contribution in [0.2, 0.25) is 5.02 Å². The van der Waals surface area contributed by atoms with Crippen molar-refractivity contribution in [1.82, 2.24) is 4.90 Å². The standard InChI is InChI=1S/C21H18ClN5/c1-27-12-6-7-17(27)18-14(8-12)15(9-23)20(26)21(10-24,11-25)19(18)13-4-2-3-5-16(13)22/h2-5,8,12,17-19H,6-7,26H2,1H3/t12?,17-,18-,19+/m1/s1. The summed E-state index contributed by atoms with van der Waals surface area (Å²) >= 11 is 6.51.